The first-order valence-corrected chi connectivity index (χ1v) is 9.70. The van der Waals surface area contributed by atoms with Gasteiger partial charge in [0.25, 0.3) is 5.91 Å². The van der Waals surface area contributed by atoms with Crippen molar-refractivity contribution < 1.29 is 4.79 Å². The summed E-state index contributed by atoms with van der Waals surface area (Å²) in [6.45, 7) is 4.56. The van der Waals surface area contributed by atoms with Crippen LogP contribution in [0.3, 0.4) is 0 Å². The zero-order chi connectivity index (χ0) is 19.2. The topological polar surface area (TPSA) is 75.1 Å². The average molecular weight is 371 g/mol. The molecule has 2 aromatic heterocycles. The fraction of sp³-hybridized carbons (Fsp3) is 0.550. The van der Waals surface area contributed by atoms with Crippen LogP contribution in [0.15, 0.2) is 24.5 Å². The minimum Gasteiger partial charge on any atom is -0.366 e. The Balaban J connectivity index is 1.45. The number of carbonyl (C=O) groups excluding carboxylic acids is 1. The highest BCUT2D eigenvalue weighted by Gasteiger charge is 2.18. The predicted octanol–water partition coefficient (Wildman–Crippen LogP) is 2.34. The lowest BCUT2D eigenvalue weighted by atomic mass is 10.0. The van der Waals surface area contributed by atoms with E-state index in [1.807, 2.05) is 37.0 Å². The molecule has 1 fully saturated rings. The molecule has 2 N–H and O–H groups in total. The van der Waals surface area contributed by atoms with E-state index in [0.717, 1.165) is 30.0 Å². The third-order valence-electron chi connectivity index (χ3n) is 5.51. The van der Waals surface area contributed by atoms with Crippen LogP contribution in [-0.2, 0) is 13.6 Å². The Morgan fingerprint density at radius 3 is 2.78 bits per heavy atom. The van der Waals surface area contributed by atoms with Crippen LogP contribution in [0.1, 0.15) is 47.3 Å². The number of aromatic nitrogens is 3. The Hall–Kier alpha value is -2.41. The van der Waals surface area contributed by atoms with Gasteiger partial charge in [0.05, 0.1) is 11.8 Å². The molecular weight excluding hydrogens is 340 g/mol. The molecule has 0 bridgehead atoms. The second-order valence-corrected chi connectivity index (χ2v) is 7.34. The van der Waals surface area contributed by atoms with Gasteiger partial charge in [-0.3, -0.25) is 9.48 Å². The Bertz CT molecular complexity index is 754. The minimum atomic E-state index is -0.0596. The number of rotatable bonds is 7. The lowest BCUT2D eigenvalue weighted by molar-refractivity contribution is 0.0945. The molecule has 7 heteroatoms. The largest absolute Gasteiger partial charge is 0.366 e. The molecule has 27 heavy (non-hydrogen) atoms. The zero-order valence-electron chi connectivity index (χ0n) is 16.5. The molecule has 7 nitrogen and oxygen atoms in total. The predicted molar refractivity (Wildman–Crippen MR) is 107 cm³/mol. The molecule has 0 aliphatic carbocycles. The second-order valence-electron chi connectivity index (χ2n) is 7.34. The van der Waals surface area contributed by atoms with Crippen molar-refractivity contribution in [3.05, 3.63) is 41.3 Å². The maximum absolute atomic E-state index is 12.3. The van der Waals surface area contributed by atoms with E-state index in [1.165, 1.54) is 19.3 Å². The normalized spacial score (nSPS) is 17.7. The van der Waals surface area contributed by atoms with E-state index in [-0.39, 0.29) is 5.91 Å². The molecule has 1 aliphatic rings. The molecule has 3 rings (SSSR count). The standard InChI is InChI=1S/C20H30N6O/c1-15-17(14-24-26(15)3)13-23-19-8-7-16(12-22-19)20(27)21-10-9-18-6-4-5-11-25(18)2/h7-8,12,14,18H,4-6,9-11,13H2,1-3H3,(H,21,27)(H,22,23). The van der Waals surface area contributed by atoms with Crippen molar-refractivity contribution in [1.82, 2.24) is 25.0 Å². The van der Waals surface area contributed by atoms with Crippen LogP contribution in [0.5, 0.6) is 0 Å². The van der Waals surface area contributed by atoms with Crippen molar-refractivity contribution >= 4 is 11.7 Å². The summed E-state index contributed by atoms with van der Waals surface area (Å²) in [7, 11) is 4.10. The van der Waals surface area contributed by atoms with Gasteiger partial charge in [-0.15, -0.1) is 0 Å². The first-order valence-electron chi connectivity index (χ1n) is 9.70. The van der Waals surface area contributed by atoms with Crippen LogP contribution >= 0.6 is 0 Å². The van der Waals surface area contributed by atoms with E-state index in [0.29, 0.717) is 24.7 Å². The summed E-state index contributed by atoms with van der Waals surface area (Å²) in [5.74, 6) is 0.689. The number of likely N-dealkylation sites (tertiary alicyclic amines) is 1. The van der Waals surface area contributed by atoms with E-state index >= 15 is 0 Å². The van der Waals surface area contributed by atoms with Gasteiger partial charge in [0.1, 0.15) is 5.82 Å². The summed E-state index contributed by atoms with van der Waals surface area (Å²) in [5.41, 5.74) is 2.85. The van der Waals surface area contributed by atoms with Crippen LogP contribution < -0.4 is 10.6 Å². The lowest BCUT2D eigenvalue weighted by Gasteiger charge is -2.32. The molecule has 0 aromatic carbocycles. The molecule has 1 aliphatic heterocycles. The van der Waals surface area contributed by atoms with Crippen LogP contribution in [0.4, 0.5) is 5.82 Å². The summed E-state index contributed by atoms with van der Waals surface area (Å²) < 4.78 is 1.85. The molecule has 1 amide bonds. The third-order valence-corrected chi connectivity index (χ3v) is 5.51. The van der Waals surface area contributed by atoms with Gasteiger partial charge in [0.2, 0.25) is 0 Å². The summed E-state index contributed by atoms with van der Waals surface area (Å²) >= 11 is 0. The van der Waals surface area contributed by atoms with Gasteiger partial charge >= 0.3 is 0 Å². The number of piperidine rings is 1. The van der Waals surface area contributed by atoms with Gasteiger partial charge in [0, 0.05) is 43.6 Å². The fourth-order valence-corrected chi connectivity index (χ4v) is 3.50. The molecule has 2 aromatic rings. The monoisotopic (exact) mass is 370 g/mol. The first kappa shape index (κ1) is 19.4. The Labute approximate surface area is 161 Å². The average Bonchev–Trinajstić information content (AvgIpc) is 3.00. The van der Waals surface area contributed by atoms with Crippen LogP contribution in [-0.4, -0.2) is 51.8 Å². The molecule has 3 heterocycles. The number of hydrogen-bond acceptors (Lipinski definition) is 5. The van der Waals surface area contributed by atoms with Crippen LogP contribution in [0.2, 0.25) is 0 Å². The van der Waals surface area contributed by atoms with Crippen molar-refractivity contribution in [3.8, 4) is 0 Å². The molecule has 0 radical (unpaired) electrons. The third kappa shape index (κ3) is 5.07. The zero-order valence-corrected chi connectivity index (χ0v) is 16.5. The number of nitrogens with one attached hydrogen (secondary N) is 2. The first-order chi connectivity index (χ1) is 13.0. The molecule has 0 saturated carbocycles. The highest BCUT2D eigenvalue weighted by atomic mass is 16.1. The van der Waals surface area contributed by atoms with Gasteiger partial charge in [0.15, 0.2) is 0 Å². The maximum Gasteiger partial charge on any atom is 0.252 e. The Morgan fingerprint density at radius 1 is 1.26 bits per heavy atom. The molecule has 0 spiro atoms. The Kier molecular flexibility index (Phi) is 6.45. The fourth-order valence-electron chi connectivity index (χ4n) is 3.50. The SMILES string of the molecule is Cc1c(CNc2ccc(C(=O)NCCC3CCCCN3C)cn2)cnn1C. The molecule has 1 unspecified atom stereocenters. The number of aryl methyl sites for hydroxylation is 1. The van der Waals surface area contributed by atoms with E-state index < -0.39 is 0 Å². The summed E-state index contributed by atoms with van der Waals surface area (Å²) in [6, 6.07) is 4.24. The summed E-state index contributed by atoms with van der Waals surface area (Å²) in [4.78, 5) is 19.1. The van der Waals surface area contributed by atoms with E-state index in [2.05, 4.69) is 32.7 Å². The van der Waals surface area contributed by atoms with E-state index in [4.69, 9.17) is 0 Å². The van der Waals surface area contributed by atoms with Crippen molar-refractivity contribution in [2.75, 3.05) is 25.5 Å². The molecule has 1 saturated heterocycles. The summed E-state index contributed by atoms with van der Waals surface area (Å²) in [6.07, 6.45) is 8.28. The van der Waals surface area contributed by atoms with Crippen molar-refractivity contribution in [2.24, 2.45) is 7.05 Å². The minimum absolute atomic E-state index is 0.0596. The van der Waals surface area contributed by atoms with Gasteiger partial charge < -0.3 is 15.5 Å². The lowest BCUT2D eigenvalue weighted by Crippen LogP contribution is -2.39. The highest BCUT2D eigenvalue weighted by molar-refractivity contribution is 5.94. The maximum atomic E-state index is 12.3. The second kappa shape index (κ2) is 8.99. The number of hydrogen-bond donors (Lipinski definition) is 2. The number of anilines is 1. The quantitative estimate of drug-likeness (QED) is 0.782. The van der Waals surface area contributed by atoms with Crippen LogP contribution in [0.25, 0.3) is 0 Å². The van der Waals surface area contributed by atoms with Crippen molar-refractivity contribution in [3.63, 3.8) is 0 Å². The number of pyridine rings is 1. The van der Waals surface area contributed by atoms with Crippen LogP contribution in [0, 0.1) is 6.92 Å². The van der Waals surface area contributed by atoms with E-state index in [9.17, 15) is 4.79 Å². The smallest absolute Gasteiger partial charge is 0.252 e. The number of carbonyl (C=O) groups is 1. The molecule has 146 valence electrons. The molecule has 1 atom stereocenters. The number of amides is 1. The van der Waals surface area contributed by atoms with Gasteiger partial charge in [-0.05, 0) is 51.9 Å². The molecular formula is C20H30N6O. The van der Waals surface area contributed by atoms with Gasteiger partial charge in [-0.1, -0.05) is 6.42 Å². The van der Waals surface area contributed by atoms with Gasteiger partial charge in [-0.25, -0.2) is 4.98 Å². The van der Waals surface area contributed by atoms with E-state index in [1.54, 1.807) is 6.20 Å². The summed E-state index contributed by atoms with van der Waals surface area (Å²) in [5, 5.41) is 10.5. The highest BCUT2D eigenvalue weighted by Crippen LogP contribution is 2.17. The van der Waals surface area contributed by atoms with Crippen molar-refractivity contribution in [1.29, 1.82) is 0 Å². The Morgan fingerprint density at radius 2 is 2.11 bits per heavy atom. The number of nitrogens with zero attached hydrogens (tertiary/aromatic N) is 4. The van der Waals surface area contributed by atoms with Gasteiger partial charge in [-0.2, -0.15) is 5.10 Å². The van der Waals surface area contributed by atoms with Crippen molar-refractivity contribution in [2.45, 2.75) is 45.2 Å².